The molecule has 0 amide bonds. The molecule has 0 spiro atoms. The molecule has 78 valence electrons. The number of nitrogens with two attached hydrogens (primary N) is 1. The van der Waals surface area contributed by atoms with Crippen LogP contribution in [-0.2, 0) is 4.74 Å². The summed E-state index contributed by atoms with van der Waals surface area (Å²) in [6.07, 6.45) is 2.62. The van der Waals surface area contributed by atoms with Crippen molar-refractivity contribution in [3.05, 3.63) is 0 Å². The molecule has 1 fully saturated rings. The van der Waals surface area contributed by atoms with Gasteiger partial charge >= 0.3 is 0 Å². The van der Waals surface area contributed by atoms with Crippen molar-refractivity contribution in [1.82, 2.24) is 4.90 Å². The van der Waals surface area contributed by atoms with Crippen molar-refractivity contribution in [2.45, 2.75) is 19.8 Å². The second-order valence-corrected chi connectivity index (χ2v) is 3.76. The summed E-state index contributed by atoms with van der Waals surface area (Å²) in [5, 5.41) is 0. The average molecular weight is 186 g/mol. The van der Waals surface area contributed by atoms with Crippen LogP contribution in [0, 0.1) is 5.92 Å². The Hall–Kier alpha value is -0.120. The van der Waals surface area contributed by atoms with Crippen molar-refractivity contribution in [3.63, 3.8) is 0 Å². The molecule has 1 rings (SSSR count). The molecule has 0 saturated carbocycles. The average Bonchev–Trinajstić information content (AvgIpc) is 2.16. The van der Waals surface area contributed by atoms with Crippen LogP contribution in [0.1, 0.15) is 19.8 Å². The minimum Gasteiger partial charge on any atom is -0.381 e. The minimum absolute atomic E-state index is 0.736. The van der Waals surface area contributed by atoms with E-state index in [-0.39, 0.29) is 0 Å². The van der Waals surface area contributed by atoms with Gasteiger partial charge in [0.05, 0.1) is 6.61 Å². The molecule has 1 aliphatic heterocycles. The third kappa shape index (κ3) is 4.07. The van der Waals surface area contributed by atoms with Crippen molar-refractivity contribution in [2.75, 3.05) is 39.4 Å². The van der Waals surface area contributed by atoms with E-state index in [2.05, 4.69) is 11.8 Å². The first-order chi connectivity index (χ1) is 6.36. The van der Waals surface area contributed by atoms with E-state index in [4.69, 9.17) is 10.5 Å². The van der Waals surface area contributed by atoms with Gasteiger partial charge < -0.3 is 15.4 Å². The molecule has 2 N–H and O–H groups in total. The highest BCUT2D eigenvalue weighted by atomic mass is 16.5. The SMILES string of the molecule is CCOCC1CCCN(CCN)C1. The summed E-state index contributed by atoms with van der Waals surface area (Å²) in [5.41, 5.74) is 5.53. The largest absolute Gasteiger partial charge is 0.381 e. The summed E-state index contributed by atoms with van der Waals surface area (Å²) in [6, 6.07) is 0. The molecule has 1 heterocycles. The van der Waals surface area contributed by atoms with Gasteiger partial charge in [-0.25, -0.2) is 0 Å². The topological polar surface area (TPSA) is 38.5 Å². The van der Waals surface area contributed by atoms with Crippen LogP contribution < -0.4 is 5.73 Å². The summed E-state index contributed by atoms with van der Waals surface area (Å²) in [4.78, 5) is 2.45. The molecular weight excluding hydrogens is 164 g/mol. The third-order valence-corrected chi connectivity index (χ3v) is 2.61. The van der Waals surface area contributed by atoms with E-state index in [0.29, 0.717) is 0 Å². The first kappa shape index (κ1) is 11.0. The Balaban J connectivity index is 2.16. The molecule has 0 aromatic heterocycles. The standard InChI is InChI=1S/C10H22N2O/c1-2-13-9-10-4-3-6-12(8-10)7-5-11/h10H,2-9,11H2,1H3. The van der Waals surface area contributed by atoms with Gasteiger partial charge in [-0.2, -0.15) is 0 Å². The monoisotopic (exact) mass is 186 g/mol. The zero-order valence-corrected chi connectivity index (χ0v) is 8.67. The fraction of sp³-hybridized carbons (Fsp3) is 1.00. The van der Waals surface area contributed by atoms with E-state index < -0.39 is 0 Å². The lowest BCUT2D eigenvalue weighted by Gasteiger charge is -2.32. The van der Waals surface area contributed by atoms with Gasteiger partial charge in [-0.15, -0.1) is 0 Å². The van der Waals surface area contributed by atoms with E-state index in [9.17, 15) is 0 Å². The highest BCUT2D eigenvalue weighted by Crippen LogP contribution is 2.15. The molecular formula is C10H22N2O. The normalized spacial score (nSPS) is 24.9. The molecule has 0 aromatic carbocycles. The summed E-state index contributed by atoms with van der Waals surface area (Å²) in [5.74, 6) is 0.736. The number of likely N-dealkylation sites (tertiary alicyclic amines) is 1. The molecule has 1 saturated heterocycles. The highest BCUT2D eigenvalue weighted by molar-refractivity contribution is 4.72. The Morgan fingerprint density at radius 3 is 3.08 bits per heavy atom. The van der Waals surface area contributed by atoms with E-state index in [1.165, 1.54) is 25.9 Å². The molecule has 0 aromatic rings. The van der Waals surface area contributed by atoms with Crippen molar-refractivity contribution in [2.24, 2.45) is 11.7 Å². The number of hydrogen-bond donors (Lipinski definition) is 1. The predicted octanol–water partition coefficient (Wildman–Crippen LogP) is 0.694. The Morgan fingerprint density at radius 2 is 2.38 bits per heavy atom. The summed E-state index contributed by atoms with van der Waals surface area (Å²) < 4.78 is 5.44. The Kier molecular flexibility index (Phi) is 5.35. The molecule has 1 unspecified atom stereocenters. The lowest BCUT2D eigenvalue weighted by Crippen LogP contribution is -2.39. The van der Waals surface area contributed by atoms with Gasteiger partial charge in [-0.3, -0.25) is 0 Å². The number of rotatable bonds is 5. The molecule has 0 bridgehead atoms. The number of hydrogen-bond acceptors (Lipinski definition) is 3. The first-order valence-electron chi connectivity index (χ1n) is 5.37. The van der Waals surface area contributed by atoms with Crippen molar-refractivity contribution in [1.29, 1.82) is 0 Å². The van der Waals surface area contributed by atoms with Crippen LogP contribution in [0.15, 0.2) is 0 Å². The molecule has 3 heteroatoms. The lowest BCUT2D eigenvalue weighted by atomic mass is 9.99. The summed E-state index contributed by atoms with van der Waals surface area (Å²) in [6.45, 7) is 8.05. The zero-order chi connectivity index (χ0) is 9.52. The van der Waals surface area contributed by atoms with Gasteiger partial charge in [0.15, 0.2) is 0 Å². The Labute approximate surface area is 81.2 Å². The van der Waals surface area contributed by atoms with Crippen LogP contribution in [0.3, 0.4) is 0 Å². The molecule has 0 aliphatic carbocycles. The molecule has 1 atom stereocenters. The van der Waals surface area contributed by atoms with E-state index in [1.54, 1.807) is 0 Å². The number of ether oxygens (including phenoxy) is 1. The highest BCUT2D eigenvalue weighted by Gasteiger charge is 2.18. The smallest absolute Gasteiger partial charge is 0.0506 e. The van der Waals surface area contributed by atoms with Crippen LogP contribution >= 0.6 is 0 Å². The summed E-state index contributed by atoms with van der Waals surface area (Å²) in [7, 11) is 0. The minimum atomic E-state index is 0.736. The van der Waals surface area contributed by atoms with Crippen molar-refractivity contribution >= 4 is 0 Å². The third-order valence-electron chi connectivity index (χ3n) is 2.61. The number of nitrogens with zero attached hydrogens (tertiary/aromatic N) is 1. The Morgan fingerprint density at radius 1 is 1.54 bits per heavy atom. The predicted molar refractivity (Wildman–Crippen MR) is 54.7 cm³/mol. The molecule has 13 heavy (non-hydrogen) atoms. The number of piperidine rings is 1. The lowest BCUT2D eigenvalue weighted by molar-refractivity contribution is 0.0682. The maximum atomic E-state index is 5.53. The van der Waals surface area contributed by atoms with E-state index in [0.717, 1.165) is 32.2 Å². The van der Waals surface area contributed by atoms with Crippen molar-refractivity contribution < 1.29 is 4.74 Å². The zero-order valence-electron chi connectivity index (χ0n) is 8.67. The van der Waals surface area contributed by atoms with E-state index >= 15 is 0 Å². The van der Waals surface area contributed by atoms with Crippen LogP contribution in [0.2, 0.25) is 0 Å². The van der Waals surface area contributed by atoms with Gasteiger partial charge in [0.25, 0.3) is 0 Å². The summed E-state index contributed by atoms with van der Waals surface area (Å²) >= 11 is 0. The van der Waals surface area contributed by atoms with Gasteiger partial charge in [0.2, 0.25) is 0 Å². The fourth-order valence-electron chi connectivity index (χ4n) is 1.96. The van der Waals surface area contributed by atoms with Crippen LogP contribution in [0.25, 0.3) is 0 Å². The first-order valence-corrected chi connectivity index (χ1v) is 5.37. The second-order valence-electron chi connectivity index (χ2n) is 3.76. The second kappa shape index (κ2) is 6.35. The molecule has 1 aliphatic rings. The van der Waals surface area contributed by atoms with E-state index in [1.807, 2.05) is 0 Å². The van der Waals surface area contributed by atoms with Crippen LogP contribution in [0.5, 0.6) is 0 Å². The van der Waals surface area contributed by atoms with Gasteiger partial charge in [-0.05, 0) is 32.2 Å². The molecule has 3 nitrogen and oxygen atoms in total. The quantitative estimate of drug-likeness (QED) is 0.686. The molecule has 0 radical (unpaired) electrons. The maximum absolute atomic E-state index is 5.53. The maximum Gasteiger partial charge on any atom is 0.0506 e. The van der Waals surface area contributed by atoms with Gasteiger partial charge in [0.1, 0.15) is 0 Å². The fourth-order valence-corrected chi connectivity index (χ4v) is 1.96. The Bertz CT molecular complexity index is 128. The van der Waals surface area contributed by atoms with Gasteiger partial charge in [-0.1, -0.05) is 0 Å². The van der Waals surface area contributed by atoms with Crippen molar-refractivity contribution in [3.8, 4) is 0 Å². The van der Waals surface area contributed by atoms with Gasteiger partial charge in [0, 0.05) is 26.2 Å². The van der Waals surface area contributed by atoms with Crippen LogP contribution in [-0.4, -0.2) is 44.3 Å². The van der Waals surface area contributed by atoms with Crippen LogP contribution in [0.4, 0.5) is 0 Å².